The van der Waals surface area contributed by atoms with Crippen molar-refractivity contribution in [1.29, 1.82) is 0 Å². The molecule has 0 aliphatic rings. The maximum Gasteiger partial charge on any atom is 0.238 e. The predicted molar refractivity (Wildman–Crippen MR) is 90.4 cm³/mol. The van der Waals surface area contributed by atoms with Crippen LogP contribution in [-0.2, 0) is 9.59 Å². The molecule has 0 unspecified atom stereocenters. The van der Waals surface area contributed by atoms with E-state index in [4.69, 9.17) is 5.73 Å². The number of hydrogen-bond donors (Lipinski definition) is 3. The lowest BCUT2D eigenvalue weighted by Gasteiger charge is -2.10. The maximum atomic E-state index is 11.6. The number of halogens is 2. The van der Waals surface area contributed by atoms with Gasteiger partial charge >= 0.3 is 0 Å². The van der Waals surface area contributed by atoms with Crippen LogP contribution >= 0.6 is 24.8 Å². The van der Waals surface area contributed by atoms with Crippen LogP contribution in [0.2, 0.25) is 0 Å². The molecular weight excluding hydrogens is 315 g/mol. The summed E-state index contributed by atoms with van der Waals surface area (Å²) in [5.41, 5.74) is 6.56. The number of nitrogens with one attached hydrogen (secondary N) is 2. The molecule has 0 fully saturated rings. The molecule has 0 saturated heterocycles. The van der Waals surface area contributed by atoms with Crippen LogP contribution in [0.3, 0.4) is 0 Å². The number of anilines is 2. The first-order valence-corrected chi connectivity index (χ1v) is 6.06. The van der Waals surface area contributed by atoms with Gasteiger partial charge < -0.3 is 21.3 Å². The van der Waals surface area contributed by atoms with Crippen LogP contribution in [-0.4, -0.2) is 43.9 Å². The van der Waals surface area contributed by atoms with Crippen molar-refractivity contribution in [3.63, 3.8) is 0 Å². The Morgan fingerprint density at radius 3 is 1.81 bits per heavy atom. The van der Waals surface area contributed by atoms with Crippen molar-refractivity contribution in [2.45, 2.75) is 6.42 Å². The third-order valence-corrected chi connectivity index (χ3v) is 2.42. The van der Waals surface area contributed by atoms with Gasteiger partial charge in [0.25, 0.3) is 0 Å². The Balaban J connectivity index is 0. The van der Waals surface area contributed by atoms with Crippen LogP contribution in [0.1, 0.15) is 6.42 Å². The zero-order chi connectivity index (χ0) is 14.3. The number of carbonyl (C=O) groups excluding carboxylic acids is 2. The van der Waals surface area contributed by atoms with E-state index in [1.165, 1.54) is 0 Å². The SMILES string of the molecule is CN(C)CCC(=O)Nc1ccc(NC(=O)CN)cc1.Cl.Cl. The summed E-state index contributed by atoms with van der Waals surface area (Å²) in [4.78, 5) is 24.6. The first kappa shape index (κ1) is 21.9. The van der Waals surface area contributed by atoms with E-state index in [2.05, 4.69) is 10.6 Å². The zero-order valence-electron chi connectivity index (χ0n) is 12.1. The number of hydrogen-bond acceptors (Lipinski definition) is 4. The number of amides is 2. The fourth-order valence-electron chi connectivity index (χ4n) is 1.40. The molecule has 120 valence electrons. The first-order valence-electron chi connectivity index (χ1n) is 6.06. The predicted octanol–water partition coefficient (Wildman–Crippen LogP) is 1.32. The molecule has 0 aliphatic carbocycles. The molecule has 0 heterocycles. The smallest absolute Gasteiger partial charge is 0.238 e. The topological polar surface area (TPSA) is 87.5 Å². The molecule has 4 N–H and O–H groups in total. The molecular formula is C13H22Cl2N4O2. The Labute approximate surface area is 137 Å². The van der Waals surface area contributed by atoms with E-state index in [1.54, 1.807) is 24.3 Å². The summed E-state index contributed by atoms with van der Waals surface area (Å²) in [5.74, 6) is -0.282. The monoisotopic (exact) mass is 336 g/mol. The highest BCUT2D eigenvalue weighted by molar-refractivity contribution is 5.93. The molecule has 0 aliphatic heterocycles. The van der Waals surface area contributed by atoms with Gasteiger partial charge in [-0.3, -0.25) is 9.59 Å². The lowest BCUT2D eigenvalue weighted by molar-refractivity contribution is -0.116. The number of nitrogens with zero attached hydrogens (tertiary/aromatic N) is 1. The minimum absolute atomic E-state index is 0. The molecule has 0 radical (unpaired) electrons. The molecule has 0 spiro atoms. The third-order valence-electron chi connectivity index (χ3n) is 2.42. The lowest BCUT2D eigenvalue weighted by atomic mass is 10.2. The van der Waals surface area contributed by atoms with Crippen LogP contribution in [0.4, 0.5) is 11.4 Å². The van der Waals surface area contributed by atoms with Crippen LogP contribution in [0.25, 0.3) is 0 Å². The Hall–Kier alpha value is -1.34. The highest BCUT2D eigenvalue weighted by Gasteiger charge is 2.04. The van der Waals surface area contributed by atoms with Gasteiger partial charge in [-0.25, -0.2) is 0 Å². The second-order valence-electron chi connectivity index (χ2n) is 4.43. The highest BCUT2D eigenvalue weighted by Crippen LogP contribution is 2.13. The van der Waals surface area contributed by atoms with Gasteiger partial charge in [-0.05, 0) is 38.4 Å². The summed E-state index contributed by atoms with van der Waals surface area (Å²) in [7, 11) is 3.84. The van der Waals surface area contributed by atoms with E-state index in [9.17, 15) is 9.59 Å². The van der Waals surface area contributed by atoms with E-state index in [0.29, 0.717) is 24.3 Å². The van der Waals surface area contributed by atoms with E-state index in [0.717, 1.165) is 0 Å². The number of benzene rings is 1. The zero-order valence-corrected chi connectivity index (χ0v) is 13.7. The van der Waals surface area contributed by atoms with Crippen molar-refractivity contribution in [2.75, 3.05) is 37.8 Å². The van der Waals surface area contributed by atoms with Gasteiger partial charge in [0.05, 0.1) is 6.54 Å². The summed E-state index contributed by atoms with van der Waals surface area (Å²) in [6.45, 7) is 0.652. The fraction of sp³-hybridized carbons (Fsp3) is 0.385. The largest absolute Gasteiger partial charge is 0.326 e. The Kier molecular flexibility index (Phi) is 11.8. The molecule has 0 atom stereocenters. The average Bonchev–Trinajstić information content (AvgIpc) is 2.38. The molecule has 8 heteroatoms. The van der Waals surface area contributed by atoms with Crippen molar-refractivity contribution in [3.8, 4) is 0 Å². The second kappa shape index (κ2) is 11.3. The van der Waals surface area contributed by atoms with Gasteiger partial charge in [-0.2, -0.15) is 0 Å². The van der Waals surface area contributed by atoms with Crippen LogP contribution in [0, 0.1) is 0 Å². The molecule has 0 bridgehead atoms. The quantitative estimate of drug-likeness (QED) is 0.731. The maximum absolute atomic E-state index is 11.6. The second-order valence-corrected chi connectivity index (χ2v) is 4.43. The Bertz CT molecular complexity index is 438. The minimum Gasteiger partial charge on any atom is -0.326 e. The van der Waals surface area contributed by atoms with Gasteiger partial charge in [-0.1, -0.05) is 0 Å². The summed E-state index contributed by atoms with van der Waals surface area (Å²) in [6.07, 6.45) is 0.443. The normalized spacial score (nSPS) is 9.33. The molecule has 21 heavy (non-hydrogen) atoms. The van der Waals surface area contributed by atoms with Crippen molar-refractivity contribution in [1.82, 2.24) is 4.90 Å². The molecule has 1 rings (SSSR count). The van der Waals surface area contributed by atoms with Crippen LogP contribution in [0.5, 0.6) is 0 Å². The van der Waals surface area contributed by atoms with Gasteiger partial charge in [0.15, 0.2) is 0 Å². The molecule has 0 saturated carbocycles. The van der Waals surface area contributed by atoms with Gasteiger partial charge in [-0.15, -0.1) is 24.8 Å². The minimum atomic E-state index is -0.247. The number of nitrogens with two attached hydrogens (primary N) is 1. The molecule has 2 amide bonds. The molecule has 6 nitrogen and oxygen atoms in total. The molecule has 1 aromatic carbocycles. The molecule has 1 aromatic rings. The van der Waals surface area contributed by atoms with Crippen molar-refractivity contribution < 1.29 is 9.59 Å². The van der Waals surface area contributed by atoms with E-state index in [1.807, 2.05) is 19.0 Å². The summed E-state index contributed by atoms with van der Waals surface area (Å²) in [6, 6.07) is 6.91. The highest BCUT2D eigenvalue weighted by atomic mass is 35.5. The van der Waals surface area contributed by atoms with Crippen LogP contribution in [0.15, 0.2) is 24.3 Å². The standard InChI is InChI=1S/C13H20N4O2.2ClH/c1-17(2)8-7-12(18)15-10-3-5-11(6-4-10)16-13(19)9-14;;/h3-6H,7-9,14H2,1-2H3,(H,15,18)(H,16,19);2*1H. The first-order chi connectivity index (χ1) is 9.01. The van der Waals surface area contributed by atoms with E-state index >= 15 is 0 Å². The number of rotatable bonds is 6. The van der Waals surface area contributed by atoms with Crippen molar-refractivity contribution in [2.24, 2.45) is 5.73 Å². The van der Waals surface area contributed by atoms with Gasteiger partial charge in [0, 0.05) is 24.3 Å². The fourth-order valence-corrected chi connectivity index (χ4v) is 1.40. The van der Waals surface area contributed by atoms with Crippen molar-refractivity contribution >= 4 is 48.0 Å². The summed E-state index contributed by atoms with van der Waals surface area (Å²) >= 11 is 0. The molecule has 0 aromatic heterocycles. The average molecular weight is 337 g/mol. The van der Waals surface area contributed by atoms with Crippen LogP contribution < -0.4 is 16.4 Å². The number of carbonyl (C=O) groups is 2. The summed E-state index contributed by atoms with van der Waals surface area (Å²) < 4.78 is 0. The third kappa shape index (κ3) is 9.25. The Morgan fingerprint density at radius 1 is 1.00 bits per heavy atom. The summed E-state index contributed by atoms with van der Waals surface area (Å²) in [5, 5.41) is 5.42. The van der Waals surface area contributed by atoms with E-state index in [-0.39, 0.29) is 43.2 Å². The Morgan fingerprint density at radius 2 is 1.43 bits per heavy atom. The van der Waals surface area contributed by atoms with Gasteiger partial charge in [0.1, 0.15) is 0 Å². The van der Waals surface area contributed by atoms with Gasteiger partial charge in [0.2, 0.25) is 11.8 Å². The van der Waals surface area contributed by atoms with Crippen molar-refractivity contribution in [3.05, 3.63) is 24.3 Å². The van der Waals surface area contributed by atoms with E-state index < -0.39 is 0 Å². The lowest BCUT2D eigenvalue weighted by Crippen LogP contribution is -2.22.